The van der Waals surface area contributed by atoms with Gasteiger partial charge in [0.2, 0.25) is 5.82 Å². The zero-order valence-electron chi connectivity index (χ0n) is 20.5. The number of anilines is 1. The van der Waals surface area contributed by atoms with E-state index in [-0.39, 0.29) is 22.8 Å². The molecular formula is C25H30N8O2. The van der Waals surface area contributed by atoms with Gasteiger partial charge in [-0.25, -0.2) is 14.8 Å². The van der Waals surface area contributed by atoms with E-state index in [1.807, 2.05) is 16.7 Å². The summed E-state index contributed by atoms with van der Waals surface area (Å²) < 4.78 is 3.43. The molecule has 10 heteroatoms. The number of aromatic nitrogens is 6. The maximum Gasteiger partial charge on any atom is 0.330 e. The van der Waals surface area contributed by atoms with E-state index >= 15 is 0 Å². The monoisotopic (exact) mass is 474 g/mol. The quantitative estimate of drug-likeness (QED) is 0.487. The van der Waals surface area contributed by atoms with E-state index in [2.05, 4.69) is 65.1 Å². The van der Waals surface area contributed by atoms with E-state index in [9.17, 15) is 9.59 Å². The molecule has 0 aliphatic carbocycles. The predicted octanol–water partition coefficient (Wildman–Crippen LogP) is 2.53. The van der Waals surface area contributed by atoms with Crippen LogP contribution < -0.4 is 10.6 Å². The van der Waals surface area contributed by atoms with Crippen LogP contribution in [-0.2, 0) is 13.6 Å². The van der Waals surface area contributed by atoms with Gasteiger partial charge < -0.3 is 9.80 Å². The van der Waals surface area contributed by atoms with Crippen LogP contribution in [0, 0.1) is 5.41 Å². The number of piperazine rings is 1. The Kier molecular flexibility index (Phi) is 5.66. The molecule has 1 N–H and O–H groups in total. The molecule has 4 aromatic rings. The van der Waals surface area contributed by atoms with Crippen LogP contribution in [0.5, 0.6) is 0 Å². The normalized spacial score (nSPS) is 14.6. The van der Waals surface area contributed by atoms with E-state index in [4.69, 9.17) is 4.98 Å². The van der Waals surface area contributed by atoms with Crippen molar-refractivity contribution in [2.45, 2.75) is 27.3 Å². The van der Waals surface area contributed by atoms with Gasteiger partial charge in [-0.05, 0) is 29.7 Å². The van der Waals surface area contributed by atoms with Crippen LogP contribution >= 0.6 is 0 Å². The van der Waals surface area contributed by atoms with Gasteiger partial charge >= 0.3 is 5.69 Å². The highest BCUT2D eigenvalue weighted by Crippen LogP contribution is 2.26. The Morgan fingerprint density at radius 1 is 1.03 bits per heavy atom. The first-order valence-electron chi connectivity index (χ1n) is 11.8. The second kappa shape index (κ2) is 8.68. The van der Waals surface area contributed by atoms with E-state index < -0.39 is 0 Å². The minimum atomic E-state index is -0.121. The molecule has 35 heavy (non-hydrogen) atoms. The fourth-order valence-corrected chi connectivity index (χ4v) is 4.53. The minimum absolute atomic E-state index is 0.0125. The molecule has 0 saturated carbocycles. The van der Waals surface area contributed by atoms with Gasteiger partial charge in [0, 0.05) is 51.0 Å². The first kappa shape index (κ1) is 22.8. The highest BCUT2D eigenvalue weighted by molar-refractivity contribution is 5.90. The Morgan fingerprint density at radius 3 is 2.37 bits per heavy atom. The van der Waals surface area contributed by atoms with Crippen LogP contribution in [0.4, 0.5) is 5.69 Å². The van der Waals surface area contributed by atoms with Crippen molar-refractivity contribution in [2.24, 2.45) is 12.5 Å². The highest BCUT2D eigenvalue weighted by atomic mass is 16.2. The summed E-state index contributed by atoms with van der Waals surface area (Å²) in [4.78, 5) is 38.1. The average Bonchev–Trinajstić information content (AvgIpc) is 3.47. The fourth-order valence-electron chi connectivity index (χ4n) is 4.53. The number of amides is 1. The van der Waals surface area contributed by atoms with Crippen molar-refractivity contribution in [3.8, 4) is 11.3 Å². The third kappa shape index (κ3) is 4.43. The number of aromatic amines is 1. The van der Waals surface area contributed by atoms with Crippen molar-refractivity contribution in [1.82, 2.24) is 34.2 Å². The lowest BCUT2D eigenvalue weighted by Crippen LogP contribution is -2.49. The van der Waals surface area contributed by atoms with Crippen LogP contribution in [0.2, 0.25) is 0 Å². The van der Waals surface area contributed by atoms with Crippen molar-refractivity contribution in [3.05, 3.63) is 59.0 Å². The van der Waals surface area contributed by atoms with Crippen LogP contribution in [0.15, 0.2) is 47.5 Å². The van der Waals surface area contributed by atoms with E-state index in [0.29, 0.717) is 25.3 Å². The summed E-state index contributed by atoms with van der Waals surface area (Å²) in [5.41, 5.74) is 4.40. The number of hydrogen-bond donors (Lipinski definition) is 1. The van der Waals surface area contributed by atoms with Crippen molar-refractivity contribution >= 4 is 22.8 Å². The molecule has 4 heterocycles. The molecule has 5 rings (SSSR count). The van der Waals surface area contributed by atoms with Gasteiger partial charge in [-0.15, -0.1) is 0 Å². The van der Waals surface area contributed by atoms with Gasteiger partial charge in [-0.3, -0.25) is 19.0 Å². The first-order valence-corrected chi connectivity index (χ1v) is 11.8. The summed E-state index contributed by atoms with van der Waals surface area (Å²) in [6.45, 7) is 9.73. The molecular weight excluding hydrogens is 444 g/mol. The van der Waals surface area contributed by atoms with Gasteiger partial charge in [0.1, 0.15) is 6.33 Å². The maximum atomic E-state index is 12.8. The fraction of sp³-hybridized carbons (Fsp3) is 0.400. The second-order valence-electron chi connectivity index (χ2n) is 10.2. The molecule has 1 aliphatic heterocycles. The molecule has 1 fully saturated rings. The topological polar surface area (TPSA) is 105 Å². The van der Waals surface area contributed by atoms with E-state index in [1.54, 1.807) is 16.5 Å². The molecule has 1 saturated heterocycles. The summed E-state index contributed by atoms with van der Waals surface area (Å²) in [5.74, 6) is 0.156. The van der Waals surface area contributed by atoms with Gasteiger partial charge in [0.15, 0.2) is 5.65 Å². The standard InChI is InChI=1S/C25H30N8O2/c1-25(2,3)15-33-20-10-9-19(28-22(20)30(4)24(33)35)17-5-7-18(8-6-17)31-11-13-32(14-12-31)23(34)21-26-16-27-29-21/h5-10,16H,11-15H2,1-4H3,(H,26,27,29). The lowest BCUT2D eigenvalue weighted by atomic mass is 9.97. The molecule has 0 radical (unpaired) electrons. The SMILES string of the molecule is Cn1c(=O)n(CC(C)(C)C)c2ccc(-c3ccc(N4CCN(C(=O)c5ncn[nH]5)CC4)cc3)nc21. The number of imidazole rings is 1. The number of rotatable bonds is 4. The number of nitrogens with zero attached hydrogens (tertiary/aromatic N) is 7. The molecule has 1 aromatic carbocycles. The zero-order valence-corrected chi connectivity index (χ0v) is 20.5. The Bertz CT molecular complexity index is 1400. The second-order valence-corrected chi connectivity index (χ2v) is 10.2. The van der Waals surface area contributed by atoms with Crippen molar-refractivity contribution in [3.63, 3.8) is 0 Å². The van der Waals surface area contributed by atoms with Crippen molar-refractivity contribution < 1.29 is 4.79 Å². The van der Waals surface area contributed by atoms with Crippen LogP contribution in [-0.4, -0.2) is 66.3 Å². The molecule has 3 aromatic heterocycles. The van der Waals surface area contributed by atoms with Gasteiger partial charge in [-0.1, -0.05) is 32.9 Å². The summed E-state index contributed by atoms with van der Waals surface area (Å²) in [7, 11) is 1.77. The van der Waals surface area contributed by atoms with Gasteiger partial charge in [0.25, 0.3) is 5.91 Å². The Morgan fingerprint density at radius 2 is 1.74 bits per heavy atom. The number of nitrogens with one attached hydrogen (secondary N) is 1. The Balaban J connectivity index is 1.32. The van der Waals surface area contributed by atoms with Crippen LogP contribution in [0.25, 0.3) is 22.4 Å². The van der Waals surface area contributed by atoms with Crippen LogP contribution in [0.3, 0.4) is 0 Å². The van der Waals surface area contributed by atoms with Gasteiger partial charge in [-0.2, -0.15) is 5.10 Å². The first-order chi connectivity index (χ1) is 16.7. The summed E-state index contributed by atoms with van der Waals surface area (Å²) in [6.07, 6.45) is 1.35. The predicted molar refractivity (Wildman–Crippen MR) is 134 cm³/mol. The number of pyridine rings is 1. The smallest absolute Gasteiger partial charge is 0.330 e. The Hall–Kier alpha value is -3.95. The molecule has 1 aliphatic rings. The molecule has 0 atom stereocenters. The number of benzene rings is 1. The number of carbonyl (C=O) groups is 1. The largest absolute Gasteiger partial charge is 0.368 e. The third-order valence-corrected chi connectivity index (χ3v) is 6.33. The molecule has 1 amide bonds. The number of H-pyrrole nitrogens is 1. The summed E-state index contributed by atoms with van der Waals surface area (Å²) in [5, 5.41) is 6.39. The van der Waals surface area contributed by atoms with Crippen LogP contribution in [0.1, 0.15) is 31.4 Å². The van der Waals surface area contributed by atoms with E-state index in [0.717, 1.165) is 35.6 Å². The Labute approximate surface area is 203 Å². The highest BCUT2D eigenvalue weighted by Gasteiger charge is 2.24. The average molecular weight is 475 g/mol. The van der Waals surface area contributed by atoms with Crippen molar-refractivity contribution in [2.75, 3.05) is 31.1 Å². The molecule has 182 valence electrons. The molecule has 10 nitrogen and oxygen atoms in total. The molecule has 0 unspecified atom stereocenters. The molecule has 0 bridgehead atoms. The maximum absolute atomic E-state index is 12.8. The van der Waals surface area contributed by atoms with Gasteiger partial charge in [0.05, 0.1) is 11.2 Å². The number of hydrogen-bond acceptors (Lipinski definition) is 6. The van der Waals surface area contributed by atoms with E-state index in [1.165, 1.54) is 6.33 Å². The summed E-state index contributed by atoms with van der Waals surface area (Å²) in [6, 6.07) is 12.2. The zero-order chi connectivity index (χ0) is 24.7. The molecule has 0 spiro atoms. The number of fused-ring (bicyclic) bond motifs is 1. The minimum Gasteiger partial charge on any atom is -0.368 e. The number of carbonyl (C=O) groups excluding carboxylic acids is 1. The number of aryl methyl sites for hydroxylation is 1. The summed E-state index contributed by atoms with van der Waals surface area (Å²) >= 11 is 0. The third-order valence-electron chi connectivity index (χ3n) is 6.33. The lowest BCUT2D eigenvalue weighted by molar-refractivity contribution is 0.0735. The van der Waals surface area contributed by atoms with Crippen molar-refractivity contribution in [1.29, 1.82) is 0 Å². The lowest BCUT2D eigenvalue weighted by Gasteiger charge is -2.35.